The van der Waals surface area contributed by atoms with Crippen molar-refractivity contribution < 1.29 is 22.7 Å². The summed E-state index contributed by atoms with van der Waals surface area (Å²) in [5, 5.41) is 3.20. The molecule has 35 heavy (non-hydrogen) atoms. The fraction of sp³-hybridized carbons (Fsp3) is 0.462. The third-order valence-corrected chi connectivity index (χ3v) is 8.59. The highest BCUT2D eigenvalue weighted by molar-refractivity contribution is 7.90. The fourth-order valence-electron chi connectivity index (χ4n) is 5.36. The Kier molecular flexibility index (Phi) is 6.55. The van der Waals surface area contributed by atoms with Crippen LogP contribution in [-0.2, 0) is 25.0 Å². The Morgan fingerprint density at radius 3 is 2.66 bits per heavy atom. The van der Waals surface area contributed by atoms with E-state index in [4.69, 9.17) is 9.47 Å². The molecular weight excluding hydrogens is 466 g/mol. The van der Waals surface area contributed by atoms with Gasteiger partial charge in [-0.2, -0.15) is 8.42 Å². The molecule has 0 radical (unpaired) electrons. The quantitative estimate of drug-likeness (QED) is 0.659. The summed E-state index contributed by atoms with van der Waals surface area (Å²) in [4.78, 5) is 15.5. The molecule has 1 amide bonds. The number of hydrogen-bond donors (Lipinski definition) is 1. The number of likely N-dealkylation sites (tertiary alicyclic amines) is 1. The van der Waals surface area contributed by atoms with Gasteiger partial charge in [-0.1, -0.05) is 24.3 Å². The van der Waals surface area contributed by atoms with E-state index in [9.17, 15) is 13.2 Å². The van der Waals surface area contributed by atoms with Gasteiger partial charge in [0.2, 0.25) is 5.91 Å². The summed E-state index contributed by atoms with van der Waals surface area (Å²) in [6, 6.07) is 14.5. The van der Waals surface area contributed by atoms with Crippen LogP contribution in [0.2, 0.25) is 0 Å². The molecule has 0 aliphatic carbocycles. The topological polar surface area (TPSA) is 97.3 Å². The number of hydrogen-bond acceptors (Lipinski definition) is 6. The zero-order chi connectivity index (χ0) is 24.5. The Balaban J connectivity index is 1.34. The van der Waals surface area contributed by atoms with Crippen LogP contribution < -0.4 is 10.1 Å². The van der Waals surface area contributed by atoms with Crippen LogP contribution in [0.4, 0.5) is 0 Å². The Hall–Kier alpha value is -2.91. The molecule has 1 N–H and O–H groups in total. The number of carbonyl (C=O) groups excluding carboxylic acids is 1. The molecule has 3 heterocycles. The summed E-state index contributed by atoms with van der Waals surface area (Å²) in [6.07, 6.45) is 3.09. The van der Waals surface area contributed by atoms with Gasteiger partial charge in [0.25, 0.3) is 10.0 Å². The van der Waals surface area contributed by atoms with Crippen molar-refractivity contribution in [2.45, 2.75) is 49.0 Å². The van der Waals surface area contributed by atoms with Gasteiger partial charge < -0.3 is 19.7 Å². The number of ether oxygens (including phenoxy) is 2. The van der Waals surface area contributed by atoms with Crippen molar-refractivity contribution in [3.63, 3.8) is 0 Å². The van der Waals surface area contributed by atoms with E-state index >= 15 is 0 Å². The highest BCUT2D eigenvalue weighted by Crippen LogP contribution is 2.36. The molecule has 0 spiro atoms. The van der Waals surface area contributed by atoms with Gasteiger partial charge in [0.1, 0.15) is 16.7 Å². The van der Waals surface area contributed by atoms with Gasteiger partial charge in [-0.15, -0.1) is 4.40 Å². The van der Waals surface area contributed by atoms with Gasteiger partial charge in [-0.05, 0) is 62.4 Å². The first-order valence-electron chi connectivity index (χ1n) is 12.2. The number of sulfonamides is 1. The number of amides is 1. The van der Waals surface area contributed by atoms with Crippen LogP contribution in [0, 0.1) is 0 Å². The maximum atomic E-state index is 13.4. The van der Waals surface area contributed by atoms with Gasteiger partial charge in [0.15, 0.2) is 5.84 Å². The maximum absolute atomic E-state index is 13.4. The van der Waals surface area contributed by atoms with E-state index in [1.807, 2.05) is 24.0 Å². The lowest BCUT2D eigenvalue weighted by Gasteiger charge is -2.38. The second kappa shape index (κ2) is 9.62. The van der Waals surface area contributed by atoms with Crippen molar-refractivity contribution >= 4 is 21.8 Å². The van der Waals surface area contributed by atoms with Crippen LogP contribution in [0.5, 0.6) is 5.75 Å². The molecule has 9 heteroatoms. The zero-order valence-corrected chi connectivity index (χ0v) is 20.7. The molecule has 3 aliphatic rings. The number of carbonyl (C=O) groups is 1. The molecule has 3 aliphatic heterocycles. The molecule has 2 fully saturated rings. The molecular formula is C26H31N3O5S. The van der Waals surface area contributed by atoms with Crippen molar-refractivity contribution in [2.24, 2.45) is 4.40 Å². The molecule has 5 rings (SSSR count). The monoisotopic (exact) mass is 497 g/mol. The van der Waals surface area contributed by atoms with Gasteiger partial charge in [0.05, 0.1) is 6.61 Å². The Morgan fingerprint density at radius 2 is 1.91 bits per heavy atom. The van der Waals surface area contributed by atoms with Crippen LogP contribution in [0.15, 0.2) is 57.8 Å². The maximum Gasteiger partial charge on any atom is 0.285 e. The third-order valence-electron chi connectivity index (χ3n) is 7.27. The molecule has 1 atom stereocenters. The average Bonchev–Trinajstić information content (AvgIpc) is 3.46. The lowest BCUT2D eigenvalue weighted by molar-refractivity contribution is -0.124. The smallest absolute Gasteiger partial charge is 0.285 e. The summed E-state index contributed by atoms with van der Waals surface area (Å²) >= 11 is 0. The predicted octanol–water partition coefficient (Wildman–Crippen LogP) is 2.86. The summed E-state index contributed by atoms with van der Waals surface area (Å²) < 4.78 is 40.4. The molecule has 0 bridgehead atoms. The van der Waals surface area contributed by atoms with E-state index in [-0.39, 0.29) is 16.2 Å². The minimum atomic E-state index is -3.73. The lowest BCUT2D eigenvalue weighted by Crippen LogP contribution is -2.50. The molecule has 0 saturated carbocycles. The Morgan fingerprint density at radius 1 is 1.17 bits per heavy atom. The highest BCUT2D eigenvalue weighted by Gasteiger charge is 2.41. The summed E-state index contributed by atoms with van der Waals surface area (Å²) in [5.41, 5.74) is 1.51. The van der Waals surface area contributed by atoms with Gasteiger partial charge in [-0.3, -0.25) is 4.79 Å². The summed E-state index contributed by atoms with van der Waals surface area (Å²) in [7, 11) is -3.73. The number of rotatable bonds is 6. The first kappa shape index (κ1) is 23.8. The third kappa shape index (κ3) is 4.54. The second-order valence-electron chi connectivity index (χ2n) is 9.31. The van der Waals surface area contributed by atoms with Crippen molar-refractivity contribution in [3.05, 3.63) is 59.7 Å². The largest absolute Gasteiger partial charge is 0.494 e. The van der Waals surface area contributed by atoms with Gasteiger partial charge in [-0.25, -0.2) is 0 Å². The van der Waals surface area contributed by atoms with Crippen LogP contribution in [0.25, 0.3) is 0 Å². The van der Waals surface area contributed by atoms with Crippen LogP contribution in [-0.4, -0.2) is 64.0 Å². The molecule has 186 valence electrons. The van der Waals surface area contributed by atoms with E-state index < -0.39 is 16.1 Å². The Labute approximate surface area is 206 Å². The number of fused-ring (bicyclic) bond motifs is 1. The molecule has 0 unspecified atom stereocenters. The SMILES string of the molecule is CCOc1ccc(C2(CNC(=O)[C@@H]3CCCN3C3=NS(=O)(=O)c4ccccc43)CCOCC2)cc1. The Bertz CT molecular complexity index is 1220. The number of nitrogens with zero attached hydrogens (tertiary/aromatic N) is 2. The van der Waals surface area contributed by atoms with Crippen LogP contribution >= 0.6 is 0 Å². The minimum absolute atomic E-state index is 0.0937. The van der Waals surface area contributed by atoms with E-state index in [0.717, 1.165) is 30.6 Å². The number of amidine groups is 1. The number of nitrogens with one attached hydrogen (secondary N) is 1. The normalized spacial score (nSPS) is 22.4. The van der Waals surface area contributed by atoms with Crippen molar-refractivity contribution in [3.8, 4) is 5.75 Å². The minimum Gasteiger partial charge on any atom is -0.494 e. The molecule has 2 saturated heterocycles. The van der Waals surface area contributed by atoms with E-state index in [1.165, 1.54) is 0 Å². The average molecular weight is 498 g/mol. The van der Waals surface area contributed by atoms with E-state index in [2.05, 4.69) is 21.8 Å². The van der Waals surface area contributed by atoms with Crippen molar-refractivity contribution in [2.75, 3.05) is 32.9 Å². The zero-order valence-electron chi connectivity index (χ0n) is 19.9. The molecule has 8 nitrogen and oxygen atoms in total. The first-order chi connectivity index (χ1) is 16.9. The lowest BCUT2D eigenvalue weighted by atomic mass is 9.74. The summed E-state index contributed by atoms with van der Waals surface area (Å²) in [6.45, 7) is 4.95. The van der Waals surface area contributed by atoms with Gasteiger partial charge in [0, 0.05) is 37.3 Å². The predicted molar refractivity (Wildman–Crippen MR) is 132 cm³/mol. The van der Waals surface area contributed by atoms with E-state index in [0.29, 0.717) is 50.7 Å². The molecule has 2 aromatic rings. The van der Waals surface area contributed by atoms with Crippen LogP contribution in [0.3, 0.4) is 0 Å². The fourth-order valence-corrected chi connectivity index (χ4v) is 6.58. The first-order valence-corrected chi connectivity index (χ1v) is 13.7. The molecule has 0 aromatic heterocycles. The highest BCUT2D eigenvalue weighted by atomic mass is 32.2. The van der Waals surface area contributed by atoms with Gasteiger partial charge >= 0.3 is 0 Å². The summed E-state index contributed by atoms with van der Waals surface area (Å²) in [5.74, 6) is 1.12. The number of benzene rings is 2. The second-order valence-corrected chi connectivity index (χ2v) is 10.9. The van der Waals surface area contributed by atoms with Crippen molar-refractivity contribution in [1.82, 2.24) is 10.2 Å². The molecule has 2 aromatic carbocycles. The van der Waals surface area contributed by atoms with Crippen molar-refractivity contribution in [1.29, 1.82) is 0 Å². The van der Waals surface area contributed by atoms with E-state index in [1.54, 1.807) is 24.3 Å². The van der Waals surface area contributed by atoms with Crippen LogP contribution in [0.1, 0.15) is 43.7 Å². The standard InChI is InChI=1S/C26H31N3O5S/c1-2-34-20-11-9-19(10-12-20)26(13-16-33-17-14-26)18-27-25(30)22-7-5-15-29(22)24-21-6-3-4-8-23(21)35(31,32)28-24/h3-4,6,8-12,22H,2,5,7,13-18H2,1H3,(H,27,30)/t22-/m0/s1.